The summed E-state index contributed by atoms with van der Waals surface area (Å²) in [5, 5.41) is 3.13. The average Bonchev–Trinajstić information content (AvgIpc) is 3.66. The number of likely N-dealkylation sites (tertiary alicyclic amines) is 3. The van der Waals surface area contributed by atoms with Crippen LogP contribution in [0.25, 0.3) is 0 Å². The second-order valence-corrected chi connectivity index (χ2v) is 18.0. The number of ether oxygens (including phenoxy) is 1. The first-order valence-electron chi connectivity index (χ1n) is 21.6. The Labute approximate surface area is 346 Å². The summed E-state index contributed by atoms with van der Waals surface area (Å²) < 4.78 is 66.7. The number of piperidine rings is 2. The van der Waals surface area contributed by atoms with Crippen LogP contribution in [-0.2, 0) is 37.0 Å². The number of carbonyl (C=O) groups excluding carboxylic acids is 3. The third-order valence-electron chi connectivity index (χ3n) is 14.3. The van der Waals surface area contributed by atoms with Gasteiger partial charge in [-0.3, -0.25) is 19.3 Å². The van der Waals surface area contributed by atoms with Crippen molar-refractivity contribution in [2.75, 3.05) is 77.5 Å². The molecule has 1 unspecified atom stereocenters. The van der Waals surface area contributed by atoms with E-state index in [-0.39, 0.29) is 73.1 Å². The summed E-state index contributed by atoms with van der Waals surface area (Å²) in [5.41, 5.74) is 1.68. The van der Waals surface area contributed by atoms with Crippen molar-refractivity contribution in [2.24, 2.45) is 29.6 Å². The molecule has 2 amide bonds. The molecule has 4 aliphatic heterocycles. The Hall–Kier alpha value is -3.97. The van der Waals surface area contributed by atoms with E-state index in [2.05, 4.69) is 21.7 Å². The highest BCUT2D eigenvalue weighted by Gasteiger charge is 2.52. The van der Waals surface area contributed by atoms with E-state index in [4.69, 9.17) is 4.74 Å². The summed E-state index contributed by atoms with van der Waals surface area (Å²) in [6.45, 7) is 10.7. The monoisotopic (exact) mass is 823 g/mol. The third-order valence-corrected chi connectivity index (χ3v) is 14.3. The number of amides is 2. The van der Waals surface area contributed by atoms with Crippen molar-refractivity contribution in [2.45, 2.75) is 82.3 Å². The lowest BCUT2D eigenvalue weighted by molar-refractivity contribution is -0.142. The fraction of sp³-hybridized carbons (Fsp3) is 0.630. The molecule has 2 aromatic carbocycles. The molecule has 322 valence electrons. The van der Waals surface area contributed by atoms with Crippen LogP contribution >= 0.6 is 0 Å². The highest BCUT2D eigenvalue weighted by molar-refractivity contribution is 5.87. The van der Waals surface area contributed by atoms with Crippen LogP contribution < -0.4 is 10.2 Å². The van der Waals surface area contributed by atoms with E-state index in [0.717, 1.165) is 76.1 Å². The van der Waals surface area contributed by atoms with Gasteiger partial charge in [0.1, 0.15) is 12.0 Å². The van der Waals surface area contributed by atoms with Crippen LogP contribution in [0, 0.1) is 35.4 Å². The molecule has 7 rings (SSSR count). The fourth-order valence-corrected chi connectivity index (χ4v) is 11.3. The van der Waals surface area contributed by atoms with E-state index < -0.39 is 23.4 Å². The smallest absolute Gasteiger partial charge is 0.305 e. The van der Waals surface area contributed by atoms with E-state index in [1.165, 1.54) is 31.1 Å². The standard InChI is InChI=1S/C46H61F4N5O4/c1-4-43(57)54-17-7-10-37(27-54)46(49,50)42-14-13-40(20-34(42)26-53-28-39(48)29-53)55-24-32(25-55)23-52-18-15-35(16-19-52)45(30-51-31(2)56,36-9-6-11-38(47)22-36)41-12-5-8-33(41)21-44(58)59-3/h4,6,9,11,13-14,20,22,32-33,35,37,39,41H,1,5,7-8,10,12,15-19,21,23-30H2,2-3H3,(H,51,56)/t33-,37?,41+,45+/m1/s1. The molecule has 0 radical (unpaired) electrons. The molecule has 5 aliphatic rings. The lowest BCUT2D eigenvalue weighted by Crippen LogP contribution is -2.56. The second-order valence-electron chi connectivity index (χ2n) is 18.0. The molecule has 59 heavy (non-hydrogen) atoms. The number of hydrogen-bond donors (Lipinski definition) is 1. The molecular formula is C46H61F4N5O4. The molecule has 1 aliphatic carbocycles. The largest absolute Gasteiger partial charge is 0.469 e. The van der Waals surface area contributed by atoms with Crippen LogP contribution in [0.2, 0.25) is 0 Å². The van der Waals surface area contributed by atoms with Crippen molar-refractivity contribution < 1.29 is 36.7 Å². The molecule has 9 nitrogen and oxygen atoms in total. The Morgan fingerprint density at radius 2 is 1.68 bits per heavy atom. The highest BCUT2D eigenvalue weighted by Crippen LogP contribution is 2.53. The first-order chi connectivity index (χ1) is 28.3. The van der Waals surface area contributed by atoms with Crippen LogP contribution in [0.3, 0.4) is 0 Å². The fourth-order valence-electron chi connectivity index (χ4n) is 11.3. The zero-order valence-electron chi connectivity index (χ0n) is 34.7. The van der Waals surface area contributed by atoms with Gasteiger partial charge in [0, 0.05) is 101 Å². The number of rotatable bonds is 15. The van der Waals surface area contributed by atoms with Crippen molar-refractivity contribution >= 4 is 23.5 Å². The predicted molar refractivity (Wildman–Crippen MR) is 219 cm³/mol. The molecule has 13 heteroatoms. The topological polar surface area (TPSA) is 85.4 Å². The summed E-state index contributed by atoms with van der Waals surface area (Å²) >= 11 is 0. The molecule has 4 atom stereocenters. The molecular weight excluding hydrogens is 763 g/mol. The molecule has 1 saturated carbocycles. The molecule has 5 fully saturated rings. The van der Waals surface area contributed by atoms with Crippen LogP contribution in [0.15, 0.2) is 55.1 Å². The number of esters is 1. The maximum Gasteiger partial charge on any atom is 0.305 e. The van der Waals surface area contributed by atoms with Gasteiger partial charge in [-0.25, -0.2) is 17.6 Å². The van der Waals surface area contributed by atoms with E-state index in [9.17, 15) is 23.2 Å². The molecule has 2 aromatic rings. The van der Waals surface area contributed by atoms with Gasteiger partial charge in [-0.1, -0.05) is 31.2 Å². The van der Waals surface area contributed by atoms with E-state index >= 15 is 8.78 Å². The summed E-state index contributed by atoms with van der Waals surface area (Å²) in [7, 11) is 1.41. The SMILES string of the molecule is C=CC(=O)N1CCCC(C(F)(F)c2ccc(N3CC(CN4CCC([C@@](CNC(C)=O)(c5cccc(F)c5)[C@H]5CCC[C@@H]5CC(=O)OC)CC4)C3)cc2CN2CC(F)C2)C1. The Morgan fingerprint density at radius 3 is 2.36 bits per heavy atom. The van der Waals surface area contributed by atoms with Crippen molar-refractivity contribution in [3.05, 3.63) is 77.6 Å². The van der Waals surface area contributed by atoms with Crippen LogP contribution in [0.4, 0.5) is 23.2 Å². The van der Waals surface area contributed by atoms with Gasteiger partial charge in [0.2, 0.25) is 11.8 Å². The zero-order valence-corrected chi connectivity index (χ0v) is 34.7. The first-order valence-corrected chi connectivity index (χ1v) is 21.6. The van der Waals surface area contributed by atoms with Crippen molar-refractivity contribution in [3.8, 4) is 0 Å². The number of carbonyl (C=O) groups is 3. The lowest BCUT2D eigenvalue weighted by atomic mass is 9.57. The summed E-state index contributed by atoms with van der Waals surface area (Å²) in [4.78, 5) is 45.4. The van der Waals surface area contributed by atoms with E-state index in [0.29, 0.717) is 43.8 Å². The zero-order chi connectivity index (χ0) is 41.9. The van der Waals surface area contributed by atoms with E-state index in [1.807, 2.05) is 17.0 Å². The van der Waals surface area contributed by atoms with Crippen LogP contribution in [0.5, 0.6) is 0 Å². The van der Waals surface area contributed by atoms with Gasteiger partial charge < -0.3 is 24.8 Å². The maximum absolute atomic E-state index is 16.4. The Kier molecular flexibility index (Phi) is 13.4. The average molecular weight is 824 g/mol. The minimum atomic E-state index is -3.16. The quantitative estimate of drug-likeness (QED) is 0.122. The number of nitrogens with one attached hydrogen (secondary N) is 1. The molecule has 4 saturated heterocycles. The highest BCUT2D eigenvalue weighted by atomic mass is 19.3. The van der Waals surface area contributed by atoms with Crippen molar-refractivity contribution in [1.29, 1.82) is 0 Å². The summed E-state index contributed by atoms with van der Waals surface area (Å²) in [6.07, 6.45) is 5.81. The third kappa shape index (κ3) is 9.36. The number of methoxy groups -OCH3 is 1. The van der Waals surface area contributed by atoms with Crippen LogP contribution in [-0.4, -0.2) is 111 Å². The first kappa shape index (κ1) is 43.1. The number of anilines is 1. The molecule has 4 heterocycles. The summed E-state index contributed by atoms with van der Waals surface area (Å²) in [6, 6.07) is 12.0. The normalized spacial score (nSPS) is 24.9. The Balaban J connectivity index is 1.03. The number of alkyl halides is 3. The van der Waals surface area contributed by atoms with Crippen molar-refractivity contribution in [3.63, 3.8) is 0 Å². The number of benzene rings is 2. The predicted octanol–water partition coefficient (Wildman–Crippen LogP) is 6.70. The van der Waals surface area contributed by atoms with Gasteiger partial charge in [-0.05, 0) is 111 Å². The summed E-state index contributed by atoms with van der Waals surface area (Å²) in [5.74, 6) is -4.53. The van der Waals surface area contributed by atoms with Crippen molar-refractivity contribution in [1.82, 2.24) is 20.0 Å². The van der Waals surface area contributed by atoms with Crippen LogP contribution in [0.1, 0.15) is 75.0 Å². The van der Waals surface area contributed by atoms with Gasteiger partial charge in [0.15, 0.2) is 0 Å². The lowest BCUT2D eigenvalue weighted by Gasteiger charge is -2.51. The minimum Gasteiger partial charge on any atom is -0.469 e. The van der Waals surface area contributed by atoms with Gasteiger partial charge in [-0.2, -0.15) is 0 Å². The number of hydrogen-bond acceptors (Lipinski definition) is 7. The Morgan fingerprint density at radius 1 is 0.915 bits per heavy atom. The van der Waals surface area contributed by atoms with Gasteiger partial charge >= 0.3 is 5.97 Å². The van der Waals surface area contributed by atoms with Gasteiger partial charge in [0.05, 0.1) is 7.11 Å². The Bertz CT molecular complexity index is 1830. The van der Waals surface area contributed by atoms with Gasteiger partial charge in [0.25, 0.3) is 5.92 Å². The number of halogens is 4. The molecule has 1 N–H and O–H groups in total. The maximum atomic E-state index is 16.4. The number of nitrogens with zero attached hydrogens (tertiary/aromatic N) is 4. The second kappa shape index (κ2) is 18.3. The minimum absolute atomic E-state index is 0.0298. The van der Waals surface area contributed by atoms with Gasteiger partial charge in [-0.15, -0.1) is 0 Å². The van der Waals surface area contributed by atoms with E-state index in [1.54, 1.807) is 24.3 Å². The molecule has 0 bridgehead atoms. The molecule has 0 spiro atoms. The molecule has 0 aromatic heterocycles.